The smallest absolute Gasteiger partial charge is 0.00219 e. The van der Waals surface area contributed by atoms with Crippen LogP contribution in [0.4, 0.5) is 0 Å². The summed E-state index contributed by atoms with van der Waals surface area (Å²) in [6.45, 7) is 9.36. The Hall–Kier alpha value is -0.0400. The highest BCUT2D eigenvalue weighted by atomic mass is 15.1. The van der Waals surface area contributed by atoms with Crippen molar-refractivity contribution < 1.29 is 0 Å². The Morgan fingerprint density at radius 1 is 0.684 bits per heavy atom. The van der Waals surface area contributed by atoms with Crippen LogP contribution in [0.15, 0.2) is 0 Å². The highest BCUT2D eigenvalue weighted by Gasteiger charge is 2.07. The van der Waals surface area contributed by atoms with Gasteiger partial charge in [0.05, 0.1) is 0 Å². The largest absolute Gasteiger partial charge is 0.307 e. The van der Waals surface area contributed by atoms with Crippen LogP contribution in [0.1, 0.15) is 91.4 Å². The molecule has 0 bridgehead atoms. The molecule has 0 aliphatic heterocycles. The van der Waals surface area contributed by atoms with Crippen LogP contribution < -0.4 is 0 Å². The fourth-order valence-corrected chi connectivity index (χ4v) is 2.85. The van der Waals surface area contributed by atoms with Crippen LogP contribution in [0.25, 0.3) is 0 Å². The van der Waals surface area contributed by atoms with Crippen molar-refractivity contribution in [3.63, 3.8) is 0 Å². The highest BCUT2D eigenvalue weighted by Crippen LogP contribution is 2.22. The summed E-state index contributed by atoms with van der Waals surface area (Å²) < 4.78 is 0. The molecule has 0 saturated heterocycles. The molecule has 0 aromatic carbocycles. The molecule has 116 valence electrons. The summed E-state index contributed by atoms with van der Waals surface area (Å²) in [5.41, 5.74) is 0. The van der Waals surface area contributed by atoms with E-state index in [2.05, 4.69) is 32.7 Å². The lowest BCUT2D eigenvalue weighted by Crippen LogP contribution is -2.18. The maximum Gasteiger partial charge on any atom is -0.00219 e. The van der Waals surface area contributed by atoms with Crippen LogP contribution >= 0.6 is 0 Å². The van der Waals surface area contributed by atoms with Crippen molar-refractivity contribution in [1.29, 1.82) is 0 Å². The molecule has 0 aliphatic carbocycles. The zero-order valence-electron chi connectivity index (χ0n) is 14.2. The van der Waals surface area contributed by atoms with Gasteiger partial charge < -0.3 is 4.90 Å². The first-order chi connectivity index (χ1) is 9.24. The maximum absolute atomic E-state index is 2.42. The Kier molecular flexibility index (Phi) is 14.3. The lowest BCUT2D eigenvalue weighted by Gasteiger charge is -2.17. The summed E-state index contributed by atoms with van der Waals surface area (Å²) >= 11 is 0. The van der Waals surface area contributed by atoms with E-state index in [-0.39, 0.29) is 0 Å². The average molecular weight is 270 g/mol. The molecule has 19 heavy (non-hydrogen) atoms. The standard InChI is InChI=1S/C18H39N/c1-5-8-9-11-15-18(14-6-2)16-12-10-13-17-19(4)7-3/h18H,5-17H2,1-4H3. The molecule has 1 atom stereocenters. The van der Waals surface area contributed by atoms with E-state index in [1.807, 2.05) is 0 Å². The molecule has 1 heteroatoms. The van der Waals surface area contributed by atoms with Crippen molar-refractivity contribution in [2.75, 3.05) is 20.1 Å². The van der Waals surface area contributed by atoms with E-state index in [1.165, 1.54) is 83.7 Å². The molecule has 0 radical (unpaired) electrons. The molecule has 0 saturated carbocycles. The fraction of sp³-hybridized carbons (Fsp3) is 1.00. The molecule has 0 heterocycles. The molecule has 0 aromatic heterocycles. The number of rotatable bonds is 14. The minimum absolute atomic E-state index is 1.02. The van der Waals surface area contributed by atoms with Crippen molar-refractivity contribution in [2.45, 2.75) is 91.4 Å². The van der Waals surface area contributed by atoms with E-state index in [9.17, 15) is 0 Å². The van der Waals surface area contributed by atoms with Crippen LogP contribution in [0.3, 0.4) is 0 Å². The number of hydrogen-bond donors (Lipinski definition) is 0. The predicted octanol–water partition coefficient (Wildman–Crippen LogP) is 5.89. The molecule has 0 N–H and O–H groups in total. The van der Waals surface area contributed by atoms with E-state index < -0.39 is 0 Å². The van der Waals surface area contributed by atoms with Gasteiger partial charge in [0.1, 0.15) is 0 Å². The van der Waals surface area contributed by atoms with Crippen molar-refractivity contribution in [2.24, 2.45) is 5.92 Å². The van der Waals surface area contributed by atoms with Gasteiger partial charge in [-0.05, 0) is 32.5 Å². The summed E-state index contributed by atoms with van der Waals surface area (Å²) in [4.78, 5) is 2.42. The Bertz CT molecular complexity index is 167. The zero-order chi connectivity index (χ0) is 14.3. The molecule has 0 amide bonds. The van der Waals surface area contributed by atoms with Gasteiger partial charge in [0, 0.05) is 0 Å². The Balaban J connectivity index is 3.52. The quantitative estimate of drug-likeness (QED) is 0.356. The predicted molar refractivity (Wildman–Crippen MR) is 88.8 cm³/mol. The Morgan fingerprint density at radius 3 is 1.84 bits per heavy atom. The summed E-state index contributed by atoms with van der Waals surface area (Å²) in [6.07, 6.45) is 15.8. The fourth-order valence-electron chi connectivity index (χ4n) is 2.85. The second-order valence-electron chi connectivity index (χ2n) is 6.25. The SMILES string of the molecule is CCCCCCC(CCC)CCCCCN(C)CC. The number of nitrogens with zero attached hydrogens (tertiary/aromatic N) is 1. The Labute approximate surface area is 123 Å². The first-order valence-electron chi connectivity index (χ1n) is 8.93. The topological polar surface area (TPSA) is 3.24 Å². The van der Waals surface area contributed by atoms with Crippen LogP contribution in [0.2, 0.25) is 0 Å². The Morgan fingerprint density at radius 2 is 1.32 bits per heavy atom. The van der Waals surface area contributed by atoms with Gasteiger partial charge in [0.2, 0.25) is 0 Å². The summed E-state index contributed by atoms with van der Waals surface area (Å²) in [7, 11) is 2.23. The first kappa shape index (κ1) is 19.0. The molecule has 0 aliphatic rings. The highest BCUT2D eigenvalue weighted by molar-refractivity contribution is 4.61. The van der Waals surface area contributed by atoms with Gasteiger partial charge in [-0.15, -0.1) is 0 Å². The average Bonchev–Trinajstić information content (AvgIpc) is 2.42. The van der Waals surface area contributed by atoms with E-state index in [4.69, 9.17) is 0 Å². The van der Waals surface area contributed by atoms with E-state index in [0.29, 0.717) is 0 Å². The summed E-state index contributed by atoms with van der Waals surface area (Å²) in [6, 6.07) is 0. The second kappa shape index (κ2) is 14.4. The third-order valence-corrected chi connectivity index (χ3v) is 4.35. The molecular formula is C18H39N. The van der Waals surface area contributed by atoms with Crippen LogP contribution in [-0.4, -0.2) is 25.0 Å². The number of unbranched alkanes of at least 4 members (excludes halogenated alkanes) is 5. The lowest BCUT2D eigenvalue weighted by atomic mass is 9.91. The molecule has 1 unspecified atom stereocenters. The number of hydrogen-bond acceptors (Lipinski definition) is 1. The van der Waals surface area contributed by atoms with Gasteiger partial charge in [0.25, 0.3) is 0 Å². The van der Waals surface area contributed by atoms with Gasteiger partial charge >= 0.3 is 0 Å². The van der Waals surface area contributed by atoms with Gasteiger partial charge in [-0.1, -0.05) is 85.0 Å². The minimum atomic E-state index is 1.02. The lowest BCUT2D eigenvalue weighted by molar-refractivity contribution is 0.331. The normalized spacial score (nSPS) is 13.1. The van der Waals surface area contributed by atoms with Crippen molar-refractivity contribution in [3.8, 4) is 0 Å². The zero-order valence-corrected chi connectivity index (χ0v) is 14.2. The molecule has 1 nitrogen and oxygen atoms in total. The summed E-state index contributed by atoms with van der Waals surface area (Å²) in [5.74, 6) is 1.02. The van der Waals surface area contributed by atoms with Crippen LogP contribution in [0, 0.1) is 5.92 Å². The van der Waals surface area contributed by atoms with Crippen LogP contribution in [-0.2, 0) is 0 Å². The monoisotopic (exact) mass is 269 g/mol. The van der Waals surface area contributed by atoms with Crippen LogP contribution in [0.5, 0.6) is 0 Å². The molecule has 0 fully saturated rings. The van der Waals surface area contributed by atoms with Gasteiger partial charge in [0.15, 0.2) is 0 Å². The van der Waals surface area contributed by atoms with Crippen molar-refractivity contribution in [1.82, 2.24) is 4.90 Å². The van der Waals surface area contributed by atoms with Gasteiger partial charge in [-0.25, -0.2) is 0 Å². The van der Waals surface area contributed by atoms with Crippen molar-refractivity contribution >= 4 is 0 Å². The molecule has 0 rings (SSSR count). The van der Waals surface area contributed by atoms with E-state index in [1.54, 1.807) is 0 Å². The molecule has 0 aromatic rings. The third kappa shape index (κ3) is 12.7. The minimum Gasteiger partial charge on any atom is -0.307 e. The molecular weight excluding hydrogens is 230 g/mol. The van der Waals surface area contributed by atoms with Gasteiger partial charge in [-0.2, -0.15) is 0 Å². The van der Waals surface area contributed by atoms with Gasteiger partial charge in [-0.3, -0.25) is 0 Å². The molecule has 0 spiro atoms. The van der Waals surface area contributed by atoms with E-state index >= 15 is 0 Å². The second-order valence-corrected chi connectivity index (χ2v) is 6.25. The third-order valence-electron chi connectivity index (χ3n) is 4.35. The van der Waals surface area contributed by atoms with E-state index in [0.717, 1.165) is 5.92 Å². The maximum atomic E-state index is 2.42. The van der Waals surface area contributed by atoms with Crippen molar-refractivity contribution in [3.05, 3.63) is 0 Å². The summed E-state index contributed by atoms with van der Waals surface area (Å²) in [5, 5.41) is 0. The first-order valence-corrected chi connectivity index (χ1v) is 8.93.